The van der Waals surface area contributed by atoms with Gasteiger partial charge in [0.1, 0.15) is 25.2 Å². The van der Waals surface area contributed by atoms with Gasteiger partial charge in [0.2, 0.25) is 0 Å². The van der Waals surface area contributed by atoms with Crippen LogP contribution in [0.15, 0.2) is 53.7 Å². The van der Waals surface area contributed by atoms with Crippen molar-refractivity contribution in [3.8, 4) is 11.5 Å². The van der Waals surface area contributed by atoms with Crippen molar-refractivity contribution in [2.75, 3.05) is 26.9 Å². The lowest BCUT2D eigenvalue weighted by Crippen LogP contribution is -2.02. The number of hydrogen-bond acceptors (Lipinski definition) is 5. The number of oxime groups is 1. The number of aryl methyl sites for hydroxylation is 3. The van der Waals surface area contributed by atoms with Gasteiger partial charge in [-0.3, -0.25) is 0 Å². The van der Waals surface area contributed by atoms with Gasteiger partial charge in [-0.2, -0.15) is 0 Å². The Bertz CT molecular complexity index is 820. The molecule has 0 saturated heterocycles. The molecule has 0 aliphatic carbocycles. The molecule has 0 bridgehead atoms. The van der Waals surface area contributed by atoms with Crippen LogP contribution in [0.1, 0.15) is 48.4 Å². The van der Waals surface area contributed by atoms with Crippen LogP contribution in [0.3, 0.4) is 0 Å². The Balaban J connectivity index is 1.64. The zero-order chi connectivity index (χ0) is 23.0. The van der Waals surface area contributed by atoms with Gasteiger partial charge in [0.05, 0.1) is 26.0 Å². The number of benzene rings is 2. The van der Waals surface area contributed by atoms with Crippen LogP contribution < -0.4 is 9.47 Å². The highest BCUT2D eigenvalue weighted by Gasteiger charge is 2.07. The Kier molecular flexibility index (Phi) is 12.0. The maximum Gasteiger partial charge on any atom is 0.125 e. The van der Waals surface area contributed by atoms with Gasteiger partial charge in [-0.25, -0.2) is 0 Å². The van der Waals surface area contributed by atoms with Crippen molar-refractivity contribution in [3.63, 3.8) is 0 Å². The van der Waals surface area contributed by atoms with E-state index >= 15 is 0 Å². The molecule has 0 saturated carbocycles. The van der Waals surface area contributed by atoms with E-state index in [4.69, 9.17) is 14.2 Å². The molecule has 2 aromatic carbocycles. The van der Waals surface area contributed by atoms with Gasteiger partial charge in [0.25, 0.3) is 0 Å². The maximum absolute atomic E-state index is 6.08. The van der Waals surface area contributed by atoms with E-state index in [1.807, 2.05) is 31.2 Å². The molecule has 0 amide bonds. The van der Waals surface area contributed by atoms with Crippen LogP contribution in [0, 0.1) is 13.8 Å². The van der Waals surface area contributed by atoms with Crippen LogP contribution in [0.2, 0.25) is 0 Å². The molecule has 0 fully saturated rings. The second-order valence-corrected chi connectivity index (χ2v) is 7.73. The summed E-state index contributed by atoms with van der Waals surface area (Å²) in [7, 11) is 1.52. The first-order valence-corrected chi connectivity index (χ1v) is 11.3. The molecule has 0 unspecified atom stereocenters. The number of hydrogen-bond donors (Lipinski definition) is 0. The molecule has 32 heavy (non-hydrogen) atoms. The van der Waals surface area contributed by atoms with Crippen molar-refractivity contribution in [1.82, 2.24) is 0 Å². The Hall–Kier alpha value is -2.79. The molecule has 0 radical (unpaired) electrons. The Labute approximate surface area is 193 Å². The molecule has 0 heterocycles. The van der Waals surface area contributed by atoms with Gasteiger partial charge < -0.3 is 19.0 Å². The smallest absolute Gasteiger partial charge is 0.125 e. The zero-order valence-corrected chi connectivity index (χ0v) is 19.9. The summed E-state index contributed by atoms with van der Waals surface area (Å²) in [5, 5.41) is 3.65. The van der Waals surface area contributed by atoms with Crippen molar-refractivity contribution >= 4 is 6.21 Å². The SMILES string of the molecule is C/C=C/COc1cc(C)c(OCCCCCc2ccc(COCC=NOC)cc2)c(C)c1. The molecule has 5 nitrogen and oxygen atoms in total. The minimum Gasteiger partial charge on any atom is -0.493 e. The number of nitrogens with zero attached hydrogens (tertiary/aromatic N) is 1. The van der Waals surface area contributed by atoms with Gasteiger partial charge in [-0.05, 0) is 80.8 Å². The molecule has 0 aromatic heterocycles. The fraction of sp³-hybridized carbons (Fsp3) is 0.444. The second kappa shape index (κ2) is 15.1. The number of rotatable bonds is 15. The second-order valence-electron chi connectivity index (χ2n) is 7.73. The molecule has 0 aliphatic rings. The van der Waals surface area contributed by atoms with E-state index in [9.17, 15) is 0 Å². The minimum atomic E-state index is 0.450. The minimum absolute atomic E-state index is 0.450. The quantitative estimate of drug-likeness (QED) is 0.143. The largest absolute Gasteiger partial charge is 0.493 e. The third-order valence-corrected chi connectivity index (χ3v) is 5.04. The van der Waals surface area contributed by atoms with E-state index in [2.05, 4.69) is 48.1 Å². The standard InChI is InChI=1S/C27H37NO4/c1-5-6-16-31-26-19-22(2)27(23(3)20-26)32-17-9-7-8-10-24-11-13-25(14-12-24)21-30-18-15-28-29-4/h5-6,11-15,19-20H,7-10,16-18,21H2,1-4H3/b6-5+,28-15?. The monoisotopic (exact) mass is 439 g/mol. The third-order valence-electron chi connectivity index (χ3n) is 5.04. The van der Waals surface area contributed by atoms with E-state index in [1.54, 1.807) is 6.21 Å². The predicted octanol–water partition coefficient (Wildman–Crippen LogP) is 6.20. The van der Waals surface area contributed by atoms with Crippen LogP contribution in [0.25, 0.3) is 0 Å². The summed E-state index contributed by atoms with van der Waals surface area (Å²) in [6, 6.07) is 12.7. The van der Waals surface area contributed by atoms with E-state index in [0.717, 1.165) is 60.5 Å². The first kappa shape index (κ1) is 25.5. The third kappa shape index (κ3) is 9.56. The Morgan fingerprint density at radius 1 is 0.875 bits per heavy atom. The molecule has 0 spiro atoms. The first-order chi connectivity index (χ1) is 15.6. The maximum atomic E-state index is 6.08. The normalized spacial score (nSPS) is 11.4. The van der Waals surface area contributed by atoms with Gasteiger partial charge in [0, 0.05) is 0 Å². The van der Waals surface area contributed by atoms with Crippen molar-refractivity contribution in [2.45, 2.75) is 53.1 Å². The van der Waals surface area contributed by atoms with Crippen LogP contribution in [-0.2, 0) is 22.6 Å². The van der Waals surface area contributed by atoms with Gasteiger partial charge in [-0.15, -0.1) is 0 Å². The van der Waals surface area contributed by atoms with E-state index in [-0.39, 0.29) is 0 Å². The van der Waals surface area contributed by atoms with Crippen LogP contribution in [0.4, 0.5) is 0 Å². The molecule has 2 rings (SSSR count). The molecule has 174 valence electrons. The van der Waals surface area contributed by atoms with Gasteiger partial charge >= 0.3 is 0 Å². The summed E-state index contributed by atoms with van der Waals surface area (Å²) >= 11 is 0. The van der Waals surface area contributed by atoms with Crippen LogP contribution in [0.5, 0.6) is 11.5 Å². The molecule has 0 atom stereocenters. The number of unbranched alkanes of at least 4 members (excludes halogenated alkanes) is 2. The summed E-state index contributed by atoms with van der Waals surface area (Å²) in [5.41, 5.74) is 4.76. The molecular formula is C27H37NO4. The highest BCUT2D eigenvalue weighted by atomic mass is 16.6. The first-order valence-electron chi connectivity index (χ1n) is 11.3. The predicted molar refractivity (Wildman–Crippen MR) is 131 cm³/mol. The van der Waals surface area contributed by atoms with Crippen molar-refractivity contribution in [2.24, 2.45) is 5.16 Å². The lowest BCUT2D eigenvalue weighted by molar-refractivity contribution is 0.154. The topological polar surface area (TPSA) is 49.3 Å². The highest BCUT2D eigenvalue weighted by molar-refractivity contribution is 5.57. The zero-order valence-electron chi connectivity index (χ0n) is 19.9. The van der Waals surface area contributed by atoms with Crippen molar-refractivity contribution in [1.29, 1.82) is 0 Å². The summed E-state index contributed by atoms with van der Waals surface area (Å²) in [6.07, 6.45) is 10.0. The summed E-state index contributed by atoms with van der Waals surface area (Å²) in [5.74, 6) is 1.87. The van der Waals surface area contributed by atoms with Crippen molar-refractivity contribution in [3.05, 3.63) is 70.8 Å². The van der Waals surface area contributed by atoms with Crippen LogP contribution >= 0.6 is 0 Å². The van der Waals surface area contributed by atoms with Gasteiger partial charge in [-0.1, -0.05) is 41.6 Å². The lowest BCUT2D eigenvalue weighted by Gasteiger charge is -2.14. The van der Waals surface area contributed by atoms with E-state index in [1.165, 1.54) is 12.7 Å². The highest BCUT2D eigenvalue weighted by Crippen LogP contribution is 2.28. The Morgan fingerprint density at radius 2 is 1.59 bits per heavy atom. The molecule has 5 heteroatoms. The summed E-state index contributed by atoms with van der Waals surface area (Å²) in [6.45, 7) is 8.51. The lowest BCUT2D eigenvalue weighted by atomic mass is 10.1. The number of allylic oxidation sites excluding steroid dienone is 1. The summed E-state index contributed by atoms with van der Waals surface area (Å²) < 4.78 is 17.3. The molecular weight excluding hydrogens is 402 g/mol. The van der Waals surface area contributed by atoms with E-state index in [0.29, 0.717) is 19.8 Å². The molecule has 0 N–H and O–H groups in total. The number of ether oxygens (including phenoxy) is 3. The molecule has 2 aromatic rings. The fourth-order valence-corrected chi connectivity index (χ4v) is 3.38. The van der Waals surface area contributed by atoms with Gasteiger partial charge in [0.15, 0.2) is 0 Å². The summed E-state index contributed by atoms with van der Waals surface area (Å²) in [4.78, 5) is 4.60. The molecule has 0 aliphatic heterocycles. The average Bonchev–Trinajstić information content (AvgIpc) is 2.78. The van der Waals surface area contributed by atoms with E-state index < -0.39 is 0 Å². The van der Waals surface area contributed by atoms with Crippen molar-refractivity contribution < 1.29 is 19.0 Å². The average molecular weight is 440 g/mol. The fourth-order valence-electron chi connectivity index (χ4n) is 3.38. The van der Waals surface area contributed by atoms with Crippen LogP contribution in [-0.4, -0.2) is 33.1 Å². The Morgan fingerprint density at radius 3 is 2.28 bits per heavy atom.